The number of aryl methyl sites for hydroxylation is 1. The number of nitrogens with zero attached hydrogens (tertiary/aromatic N) is 2. The molecule has 4 rings (SSSR count). The van der Waals surface area contributed by atoms with Crippen LogP contribution in [0.15, 0.2) is 45.7 Å². The van der Waals surface area contributed by atoms with E-state index in [2.05, 4.69) is 22.4 Å². The van der Waals surface area contributed by atoms with Gasteiger partial charge in [-0.1, -0.05) is 36.0 Å². The van der Waals surface area contributed by atoms with Crippen molar-refractivity contribution in [2.45, 2.75) is 24.0 Å². The maximum atomic E-state index is 12.3. The predicted molar refractivity (Wildman–Crippen MR) is 101 cm³/mol. The van der Waals surface area contributed by atoms with Gasteiger partial charge in [-0.25, -0.2) is 4.98 Å². The molecule has 5 nitrogen and oxygen atoms in total. The molecule has 1 amide bonds. The summed E-state index contributed by atoms with van der Waals surface area (Å²) in [6, 6.07) is 10.2. The SMILES string of the molecule is Cn1c(SCC(=O)N[C@H]2CCc3ccccc32)nc2ccsc2c1=O. The Morgan fingerprint density at radius 2 is 2.24 bits per heavy atom. The second-order valence-corrected chi connectivity index (χ2v) is 7.90. The Hall–Kier alpha value is -2.12. The third-order valence-corrected chi connectivity index (χ3v) is 6.37. The number of carbonyl (C=O) groups is 1. The van der Waals surface area contributed by atoms with Crippen LogP contribution in [0.3, 0.4) is 0 Å². The van der Waals surface area contributed by atoms with Gasteiger partial charge in [-0.3, -0.25) is 14.2 Å². The van der Waals surface area contributed by atoms with Crippen LogP contribution in [0.1, 0.15) is 23.6 Å². The Morgan fingerprint density at radius 3 is 3.12 bits per heavy atom. The van der Waals surface area contributed by atoms with Crippen molar-refractivity contribution in [2.24, 2.45) is 7.05 Å². The van der Waals surface area contributed by atoms with Crippen LogP contribution < -0.4 is 10.9 Å². The number of amides is 1. The van der Waals surface area contributed by atoms with E-state index >= 15 is 0 Å². The highest BCUT2D eigenvalue weighted by molar-refractivity contribution is 7.99. The molecule has 1 atom stereocenters. The van der Waals surface area contributed by atoms with E-state index in [1.165, 1.54) is 38.8 Å². The van der Waals surface area contributed by atoms with E-state index in [0.717, 1.165) is 12.8 Å². The van der Waals surface area contributed by atoms with E-state index in [0.29, 0.717) is 15.4 Å². The summed E-state index contributed by atoms with van der Waals surface area (Å²) in [5, 5.41) is 5.53. The third kappa shape index (κ3) is 3.09. The molecule has 1 aliphatic rings. The molecule has 0 radical (unpaired) electrons. The Labute approximate surface area is 153 Å². The zero-order chi connectivity index (χ0) is 17.4. The molecule has 0 unspecified atom stereocenters. The molecule has 25 heavy (non-hydrogen) atoms. The summed E-state index contributed by atoms with van der Waals surface area (Å²) < 4.78 is 2.17. The van der Waals surface area contributed by atoms with E-state index in [1.54, 1.807) is 7.05 Å². The number of hydrogen-bond acceptors (Lipinski definition) is 5. The lowest BCUT2D eigenvalue weighted by Crippen LogP contribution is -2.29. The zero-order valence-corrected chi connectivity index (χ0v) is 15.3. The fourth-order valence-electron chi connectivity index (χ4n) is 3.17. The lowest BCUT2D eigenvalue weighted by Gasteiger charge is -2.14. The van der Waals surface area contributed by atoms with E-state index in [1.807, 2.05) is 23.6 Å². The average Bonchev–Trinajstić information content (AvgIpc) is 3.24. The fourth-order valence-corrected chi connectivity index (χ4v) is 4.76. The monoisotopic (exact) mass is 371 g/mol. The van der Waals surface area contributed by atoms with Crippen LogP contribution in [0.5, 0.6) is 0 Å². The predicted octanol–water partition coefficient (Wildman–Crippen LogP) is 2.89. The number of rotatable bonds is 4. The first kappa shape index (κ1) is 16.4. The fraction of sp³-hybridized carbons (Fsp3) is 0.278. The second kappa shape index (κ2) is 6.65. The van der Waals surface area contributed by atoms with Crippen molar-refractivity contribution in [1.82, 2.24) is 14.9 Å². The summed E-state index contributed by atoms with van der Waals surface area (Å²) in [5.74, 6) is 0.209. The van der Waals surface area contributed by atoms with Crippen molar-refractivity contribution < 1.29 is 4.79 Å². The molecule has 3 aromatic rings. The lowest BCUT2D eigenvalue weighted by atomic mass is 10.1. The molecule has 2 aromatic heterocycles. The summed E-state index contributed by atoms with van der Waals surface area (Å²) in [6.45, 7) is 0. The van der Waals surface area contributed by atoms with Gasteiger partial charge in [0.25, 0.3) is 5.56 Å². The van der Waals surface area contributed by atoms with Crippen LogP contribution >= 0.6 is 23.1 Å². The summed E-state index contributed by atoms with van der Waals surface area (Å²) in [6.07, 6.45) is 1.94. The molecule has 2 heterocycles. The standard InChI is InChI=1S/C18H17N3O2S2/c1-21-17(23)16-14(8-9-24-16)20-18(21)25-10-15(22)19-13-7-6-11-4-2-3-5-12(11)13/h2-5,8-9,13H,6-7,10H2,1H3,(H,19,22)/t13-/m0/s1. The Bertz CT molecular complexity index is 1010. The van der Waals surface area contributed by atoms with Gasteiger partial charge in [0.2, 0.25) is 5.91 Å². The smallest absolute Gasteiger partial charge is 0.271 e. The highest BCUT2D eigenvalue weighted by atomic mass is 32.2. The number of fused-ring (bicyclic) bond motifs is 2. The molecule has 0 saturated carbocycles. The zero-order valence-electron chi connectivity index (χ0n) is 13.7. The Kier molecular flexibility index (Phi) is 4.35. The number of aromatic nitrogens is 2. The van der Waals surface area contributed by atoms with Crippen LogP contribution in [-0.2, 0) is 18.3 Å². The molecule has 7 heteroatoms. The molecule has 1 N–H and O–H groups in total. The van der Waals surface area contributed by atoms with Gasteiger partial charge in [0.1, 0.15) is 4.70 Å². The highest BCUT2D eigenvalue weighted by Crippen LogP contribution is 2.30. The molecule has 0 saturated heterocycles. The van der Waals surface area contributed by atoms with Crippen LogP contribution in [0.25, 0.3) is 10.2 Å². The van der Waals surface area contributed by atoms with Gasteiger partial charge >= 0.3 is 0 Å². The van der Waals surface area contributed by atoms with E-state index < -0.39 is 0 Å². The van der Waals surface area contributed by atoms with Gasteiger partial charge in [-0.2, -0.15) is 0 Å². The number of benzene rings is 1. The molecule has 0 fully saturated rings. The minimum atomic E-state index is -0.0624. The van der Waals surface area contributed by atoms with Crippen LogP contribution in [-0.4, -0.2) is 21.2 Å². The first-order valence-electron chi connectivity index (χ1n) is 8.07. The molecule has 1 aliphatic carbocycles. The maximum Gasteiger partial charge on any atom is 0.271 e. The van der Waals surface area contributed by atoms with Gasteiger partial charge in [0, 0.05) is 7.05 Å². The summed E-state index contributed by atoms with van der Waals surface area (Å²) in [4.78, 5) is 29.1. The number of thiophene rings is 1. The summed E-state index contributed by atoms with van der Waals surface area (Å²) in [5.41, 5.74) is 3.16. The maximum absolute atomic E-state index is 12.3. The topological polar surface area (TPSA) is 64.0 Å². The van der Waals surface area contributed by atoms with Crippen molar-refractivity contribution in [3.8, 4) is 0 Å². The van der Waals surface area contributed by atoms with Gasteiger partial charge in [0.15, 0.2) is 5.16 Å². The first-order valence-corrected chi connectivity index (χ1v) is 9.94. The molecular weight excluding hydrogens is 354 g/mol. The molecule has 0 spiro atoms. The van der Waals surface area contributed by atoms with Crippen molar-refractivity contribution >= 4 is 39.2 Å². The number of carbonyl (C=O) groups excluding carboxylic acids is 1. The number of thioether (sulfide) groups is 1. The van der Waals surface area contributed by atoms with Crippen LogP contribution in [0, 0.1) is 0 Å². The van der Waals surface area contributed by atoms with Crippen molar-refractivity contribution in [2.75, 3.05) is 5.75 Å². The lowest BCUT2D eigenvalue weighted by molar-refractivity contribution is -0.119. The molecule has 128 valence electrons. The van der Waals surface area contributed by atoms with Gasteiger partial charge < -0.3 is 5.32 Å². The second-order valence-electron chi connectivity index (χ2n) is 6.04. The van der Waals surface area contributed by atoms with Crippen LogP contribution in [0.2, 0.25) is 0 Å². The Balaban J connectivity index is 1.45. The normalized spacial score (nSPS) is 16.1. The summed E-state index contributed by atoms with van der Waals surface area (Å²) in [7, 11) is 1.70. The molecule has 1 aromatic carbocycles. The Morgan fingerprint density at radius 1 is 1.40 bits per heavy atom. The molecule has 0 bridgehead atoms. The highest BCUT2D eigenvalue weighted by Gasteiger charge is 2.23. The van der Waals surface area contributed by atoms with E-state index in [9.17, 15) is 9.59 Å². The van der Waals surface area contributed by atoms with Crippen molar-refractivity contribution in [3.05, 3.63) is 57.2 Å². The average molecular weight is 371 g/mol. The van der Waals surface area contributed by atoms with Gasteiger partial charge in [-0.05, 0) is 35.4 Å². The molecular formula is C18H17N3O2S2. The van der Waals surface area contributed by atoms with E-state index in [-0.39, 0.29) is 23.3 Å². The molecule has 0 aliphatic heterocycles. The minimum Gasteiger partial charge on any atom is -0.349 e. The first-order chi connectivity index (χ1) is 12.1. The summed E-state index contributed by atoms with van der Waals surface area (Å²) >= 11 is 2.69. The van der Waals surface area contributed by atoms with Gasteiger partial charge in [0.05, 0.1) is 17.3 Å². The van der Waals surface area contributed by atoms with Gasteiger partial charge in [-0.15, -0.1) is 11.3 Å². The third-order valence-electron chi connectivity index (χ3n) is 4.45. The number of nitrogens with one attached hydrogen (secondary N) is 1. The largest absolute Gasteiger partial charge is 0.349 e. The van der Waals surface area contributed by atoms with Crippen LogP contribution in [0.4, 0.5) is 0 Å². The van der Waals surface area contributed by atoms with Crippen molar-refractivity contribution in [1.29, 1.82) is 0 Å². The quantitative estimate of drug-likeness (QED) is 0.566. The number of hydrogen-bond donors (Lipinski definition) is 1. The minimum absolute atomic E-state index is 0.0358. The van der Waals surface area contributed by atoms with E-state index in [4.69, 9.17) is 0 Å². The van der Waals surface area contributed by atoms with Crippen molar-refractivity contribution in [3.63, 3.8) is 0 Å².